The van der Waals surface area contributed by atoms with Gasteiger partial charge in [-0.15, -0.1) is 0 Å². The fourth-order valence-corrected chi connectivity index (χ4v) is 4.21. The average Bonchev–Trinajstić information content (AvgIpc) is 2.80. The van der Waals surface area contributed by atoms with Gasteiger partial charge in [0.05, 0.1) is 23.8 Å². The third kappa shape index (κ3) is 7.41. The van der Waals surface area contributed by atoms with Crippen molar-refractivity contribution in [1.29, 1.82) is 0 Å². The van der Waals surface area contributed by atoms with E-state index in [1.165, 1.54) is 14.2 Å². The van der Waals surface area contributed by atoms with Gasteiger partial charge in [0, 0.05) is 38.9 Å². The molecule has 1 aromatic carbocycles. The summed E-state index contributed by atoms with van der Waals surface area (Å²) in [4.78, 5) is 13.1. The molecule has 2 unspecified atom stereocenters. The Kier molecular flexibility index (Phi) is 11.3. The first-order valence-corrected chi connectivity index (χ1v) is 11.4. The lowest BCUT2D eigenvalue weighted by atomic mass is 9.87. The summed E-state index contributed by atoms with van der Waals surface area (Å²) in [7, 11) is 4.60. The van der Waals surface area contributed by atoms with Crippen LogP contribution in [-0.4, -0.2) is 58.8 Å². The molecule has 1 aromatic rings. The molecule has 0 fully saturated rings. The highest BCUT2D eigenvalue weighted by atomic mass is 16.7. The number of fused-ring (bicyclic) bond motifs is 2. The molecule has 9 heteroatoms. The van der Waals surface area contributed by atoms with Crippen molar-refractivity contribution >= 4 is 11.6 Å². The minimum Gasteiger partial charge on any atom is -0.467 e. The maximum atomic E-state index is 13.1. The van der Waals surface area contributed by atoms with Gasteiger partial charge in [0.25, 0.3) is 0 Å². The first-order chi connectivity index (χ1) is 16.2. The summed E-state index contributed by atoms with van der Waals surface area (Å²) in [5, 5.41) is 13.8. The van der Waals surface area contributed by atoms with E-state index in [0.717, 1.165) is 5.57 Å². The number of carbonyl (C=O) groups is 1. The molecule has 1 aliphatic heterocycles. The second-order valence-corrected chi connectivity index (χ2v) is 8.81. The summed E-state index contributed by atoms with van der Waals surface area (Å²) < 4.78 is 33.2. The van der Waals surface area contributed by atoms with E-state index in [9.17, 15) is 9.90 Å². The lowest BCUT2D eigenvalue weighted by Gasteiger charge is -2.27. The number of aliphatic hydroxyl groups is 1. The highest BCUT2D eigenvalue weighted by Gasteiger charge is 2.31. The molecule has 0 aliphatic carbocycles. The van der Waals surface area contributed by atoms with Crippen molar-refractivity contribution in [3.63, 3.8) is 0 Å². The molecule has 2 bridgehead atoms. The Morgan fingerprint density at radius 1 is 1.00 bits per heavy atom. The zero-order valence-corrected chi connectivity index (χ0v) is 21.3. The first kappa shape index (κ1) is 28.1. The van der Waals surface area contributed by atoms with Crippen LogP contribution in [0.5, 0.6) is 11.5 Å². The van der Waals surface area contributed by atoms with Crippen molar-refractivity contribution in [2.75, 3.05) is 47.0 Å². The van der Waals surface area contributed by atoms with Crippen molar-refractivity contribution in [3.05, 3.63) is 29.3 Å². The number of methoxy groups -OCH3 is 3. The minimum atomic E-state index is -0.823. The smallest absolute Gasteiger partial charge is 0.229 e. The lowest BCUT2D eigenvalue weighted by molar-refractivity contribution is -0.123. The van der Waals surface area contributed by atoms with E-state index in [-0.39, 0.29) is 38.1 Å². The van der Waals surface area contributed by atoms with Gasteiger partial charge in [0.15, 0.2) is 19.3 Å². The number of amides is 1. The van der Waals surface area contributed by atoms with Crippen LogP contribution in [0.4, 0.5) is 5.69 Å². The highest BCUT2D eigenvalue weighted by Crippen LogP contribution is 2.43. The molecule has 5 atom stereocenters. The number of carbonyl (C=O) groups excluding carboxylic acids is 1. The molecule has 2 rings (SSSR count). The van der Waals surface area contributed by atoms with Gasteiger partial charge in [-0.25, -0.2) is 0 Å². The largest absolute Gasteiger partial charge is 0.467 e. The molecule has 9 nitrogen and oxygen atoms in total. The maximum Gasteiger partial charge on any atom is 0.229 e. The predicted octanol–water partition coefficient (Wildman–Crippen LogP) is 3.87. The summed E-state index contributed by atoms with van der Waals surface area (Å²) in [6.07, 6.45) is 1.45. The summed E-state index contributed by atoms with van der Waals surface area (Å²) in [6.45, 7) is 7.75. The maximum absolute atomic E-state index is 13.1. The van der Waals surface area contributed by atoms with Crippen LogP contribution < -0.4 is 14.8 Å². The van der Waals surface area contributed by atoms with Crippen molar-refractivity contribution in [2.24, 2.45) is 17.8 Å². The van der Waals surface area contributed by atoms with Crippen LogP contribution in [0, 0.1) is 17.8 Å². The molecule has 1 heterocycles. The summed E-state index contributed by atoms with van der Waals surface area (Å²) in [5.41, 5.74) is 2.13. The molecule has 1 aliphatic rings. The molecule has 2 N–H and O–H groups in total. The second-order valence-electron chi connectivity index (χ2n) is 8.81. The van der Waals surface area contributed by atoms with E-state index in [1.54, 1.807) is 26.2 Å². The zero-order chi connectivity index (χ0) is 25.3. The normalized spacial score (nSPS) is 27.5. The Bertz CT molecular complexity index is 827. The van der Waals surface area contributed by atoms with E-state index < -0.39 is 18.1 Å². The molecule has 0 radical (unpaired) electrons. The van der Waals surface area contributed by atoms with Gasteiger partial charge in [-0.1, -0.05) is 32.4 Å². The van der Waals surface area contributed by atoms with Crippen LogP contribution >= 0.6 is 0 Å². The molecule has 0 saturated carbocycles. The Morgan fingerprint density at radius 2 is 1.65 bits per heavy atom. The number of ether oxygens (including phenoxy) is 6. The Balaban J connectivity index is 2.73. The highest BCUT2D eigenvalue weighted by molar-refractivity contribution is 5.94. The van der Waals surface area contributed by atoms with Crippen LogP contribution in [0.15, 0.2) is 23.8 Å². The van der Waals surface area contributed by atoms with Gasteiger partial charge in [0.2, 0.25) is 5.91 Å². The number of hydrogen-bond donors (Lipinski definition) is 2. The van der Waals surface area contributed by atoms with Crippen molar-refractivity contribution in [3.8, 4) is 11.5 Å². The average molecular weight is 482 g/mol. The number of allylic oxidation sites excluding steroid dienone is 1. The fourth-order valence-electron chi connectivity index (χ4n) is 4.21. The Morgan fingerprint density at radius 3 is 2.29 bits per heavy atom. The third-order valence-electron chi connectivity index (χ3n) is 5.86. The molecule has 0 saturated heterocycles. The van der Waals surface area contributed by atoms with Gasteiger partial charge >= 0.3 is 0 Å². The van der Waals surface area contributed by atoms with E-state index in [2.05, 4.69) is 11.4 Å². The number of nitrogens with one attached hydrogen (secondary N) is 1. The van der Waals surface area contributed by atoms with Gasteiger partial charge in [-0.2, -0.15) is 0 Å². The molecule has 0 spiro atoms. The molecule has 1 amide bonds. The lowest BCUT2D eigenvalue weighted by Crippen LogP contribution is -2.35. The SMILES string of the molecule is COCOc1cc2c(OCOC)c(c1)[C@H](OCOC)[C@@H](C)/C=C(/C)C[C@@H](C)C(O)C(C)C(=O)N2. The van der Waals surface area contributed by atoms with Crippen molar-refractivity contribution in [1.82, 2.24) is 0 Å². The standard InChI is InChI=1S/C25H39NO8/c1-15-8-16(2)22(27)18(4)25(28)26-21-11-19(32-12-29-5)10-20(24(21)34-14-31-7)23(17(3)9-15)33-13-30-6/h9-11,16-18,22-23,27H,8,12-14H2,1-7H3,(H,26,28)/b15-9-/t16-,17+,18?,22?,23-/m1/s1. The Hall–Kier alpha value is -2.17. The summed E-state index contributed by atoms with van der Waals surface area (Å²) in [6, 6.07) is 3.47. The Labute approximate surface area is 202 Å². The first-order valence-electron chi connectivity index (χ1n) is 11.4. The van der Waals surface area contributed by atoms with E-state index >= 15 is 0 Å². The quantitative estimate of drug-likeness (QED) is 0.405. The van der Waals surface area contributed by atoms with Gasteiger partial charge in [-0.3, -0.25) is 4.79 Å². The van der Waals surface area contributed by atoms with Crippen LogP contribution in [0.3, 0.4) is 0 Å². The van der Waals surface area contributed by atoms with E-state index in [0.29, 0.717) is 29.2 Å². The molecule has 192 valence electrons. The van der Waals surface area contributed by atoms with E-state index in [1.807, 2.05) is 20.8 Å². The van der Waals surface area contributed by atoms with Gasteiger partial charge in [0.1, 0.15) is 12.5 Å². The van der Waals surface area contributed by atoms with E-state index in [4.69, 9.17) is 28.4 Å². The predicted molar refractivity (Wildman–Crippen MR) is 128 cm³/mol. The monoisotopic (exact) mass is 481 g/mol. The molecule has 0 aromatic heterocycles. The third-order valence-corrected chi connectivity index (χ3v) is 5.86. The number of benzene rings is 1. The summed E-state index contributed by atoms with van der Waals surface area (Å²) in [5.74, 6) is -0.330. The summed E-state index contributed by atoms with van der Waals surface area (Å²) >= 11 is 0. The zero-order valence-electron chi connectivity index (χ0n) is 21.3. The van der Waals surface area contributed by atoms with Crippen LogP contribution in [-0.2, 0) is 23.7 Å². The van der Waals surface area contributed by atoms with Crippen LogP contribution in [0.1, 0.15) is 45.8 Å². The van der Waals surface area contributed by atoms with Crippen LogP contribution in [0.25, 0.3) is 0 Å². The molecule has 34 heavy (non-hydrogen) atoms. The fraction of sp³-hybridized carbons (Fsp3) is 0.640. The minimum absolute atomic E-state index is 0.0237. The topological polar surface area (TPSA) is 105 Å². The number of anilines is 1. The van der Waals surface area contributed by atoms with Gasteiger partial charge in [-0.05, 0) is 25.3 Å². The number of hydrogen-bond acceptors (Lipinski definition) is 8. The van der Waals surface area contributed by atoms with Gasteiger partial charge < -0.3 is 38.8 Å². The second kappa shape index (κ2) is 13.7. The number of rotatable bonds is 9. The number of aliphatic hydroxyl groups excluding tert-OH is 1. The van der Waals surface area contributed by atoms with Crippen molar-refractivity contribution < 1.29 is 38.3 Å². The van der Waals surface area contributed by atoms with Crippen LogP contribution in [0.2, 0.25) is 0 Å². The van der Waals surface area contributed by atoms with Crippen molar-refractivity contribution in [2.45, 2.75) is 46.3 Å². The molecular formula is C25H39NO8. The molecular weight excluding hydrogens is 442 g/mol.